The summed E-state index contributed by atoms with van der Waals surface area (Å²) in [6.07, 6.45) is 7.77. The van der Waals surface area contributed by atoms with Gasteiger partial charge in [-0.15, -0.1) is 11.8 Å². The fourth-order valence-corrected chi connectivity index (χ4v) is 5.36. The summed E-state index contributed by atoms with van der Waals surface area (Å²) in [5.74, 6) is 1.59. The van der Waals surface area contributed by atoms with E-state index in [9.17, 15) is 9.18 Å². The molecule has 28 heavy (non-hydrogen) atoms. The van der Waals surface area contributed by atoms with Gasteiger partial charge >= 0.3 is 0 Å². The first-order valence-electron chi connectivity index (χ1n) is 10.2. The van der Waals surface area contributed by atoms with E-state index in [0.717, 1.165) is 25.9 Å². The van der Waals surface area contributed by atoms with Crippen LogP contribution < -0.4 is 0 Å². The van der Waals surface area contributed by atoms with Crippen LogP contribution in [-0.2, 0) is 11.2 Å². The Balaban J connectivity index is 1.31. The van der Waals surface area contributed by atoms with Crippen molar-refractivity contribution >= 4 is 17.7 Å². The molecule has 1 aliphatic carbocycles. The van der Waals surface area contributed by atoms with Gasteiger partial charge in [-0.1, -0.05) is 30.1 Å². The average Bonchev–Trinajstić information content (AvgIpc) is 3.39. The molecule has 0 spiro atoms. The number of likely N-dealkylation sites (tertiary alicyclic amines) is 1. The average molecular weight is 404 g/mol. The second-order valence-corrected chi connectivity index (χ2v) is 9.05. The van der Waals surface area contributed by atoms with Gasteiger partial charge in [0.05, 0.1) is 11.3 Å². The Hall–Kier alpha value is -1.89. The van der Waals surface area contributed by atoms with Crippen LogP contribution in [0.4, 0.5) is 4.39 Å². The number of amides is 1. The summed E-state index contributed by atoms with van der Waals surface area (Å²) in [5.41, 5.74) is 0.349. The van der Waals surface area contributed by atoms with Gasteiger partial charge < -0.3 is 9.42 Å². The molecule has 5 nitrogen and oxygen atoms in total. The summed E-state index contributed by atoms with van der Waals surface area (Å²) in [7, 11) is 0. The van der Waals surface area contributed by atoms with Crippen LogP contribution >= 0.6 is 11.8 Å². The highest BCUT2D eigenvalue weighted by atomic mass is 32.2. The van der Waals surface area contributed by atoms with Crippen LogP contribution in [0.2, 0.25) is 0 Å². The van der Waals surface area contributed by atoms with E-state index in [1.165, 1.54) is 31.7 Å². The monoisotopic (exact) mass is 403 g/mol. The highest BCUT2D eigenvalue weighted by molar-refractivity contribution is 8.00. The molecule has 2 heterocycles. The zero-order chi connectivity index (χ0) is 19.3. The summed E-state index contributed by atoms with van der Waals surface area (Å²) in [6.45, 7) is 1.58. The normalized spacial score (nSPS) is 20.6. The summed E-state index contributed by atoms with van der Waals surface area (Å²) in [6, 6.07) is 6.42. The molecule has 0 radical (unpaired) electrons. The lowest BCUT2D eigenvalue weighted by Gasteiger charge is -2.32. The van der Waals surface area contributed by atoms with Gasteiger partial charge in [-0.2, -0.15) is 4.98 Å². The fraction of sp³-hybridized carbons (Fsp3) is 0.571. The van der Waals surface area contributed by atoms with E-state index in [0.29, 0.717) is 34.8 Å². The van der Waals surface area contributed by atoms with Crippen LogP contribution in [0.5, 0.6) is 0 Å². The SMILES string of the molecule is O=C(CSC1CCCC1)N1CCC[C@H](Cc2nc(-c3ccccc3F)no2)C1. The van der Waals surface area contributed by atoms with Crippen molar-refractivity contribution < 1.29 is 13.7 Å². The van der Waals surface area contributed by atoms with Crippen molar-refractivity contribution in [2.45, 2.75) is 50.2 Å². The molecule has 0 unspecified atom stereocenters. The van der Waals surface area contributed by atoms with E-state index in [2.05, 4.69) is 10.1 Å². The van der Waals surface area contributed by atoms with Gasteiger partial charge in [-0.05, 0) is 43.7 Å². The van der Waals surface area contributed by atoms with E-state index >= 15 is 0 Å². The minimum absolute atomic E-state index is 0.249. The molecule has 2 fully saturated rings. The smallest absolute Gasteiger partial charge is 0.232 e. The van der Waals surface area contributed by atoms with E-state index < -0.39 is 0 Å². The summed E-state index contributed by atoms with van der Waals surface area (Å²) >= 11 is 1.83. The van der Waals surface area contributed by atoms with Crippen LogP contribution in [0.25, 0.3) is 11.4 Å². The Morgan fingerprint density at radius 2 is 2.04 bits per heavy atom. The third-order valence-electron chi connectivity index (χ3n) is 5.66. The number of carbonyl (C=O) groups excluding carboxylic acids is 1. The number of hydrogen-bond acceptors (Lipinski definition) is 5. The molecule has 1 aliphatic heterocycles. The van der Waals surface area contributed by atoms with Crippen LogP contribution in [-0.4, -0.2) is 45.0 Å². The third-order valence-corrected chi connectivity index (χ3v) is 7.02. The molecule has 0 bridgehead atoms. The lowest BCUT2D eigenvalue weighted by Crippen LogP contribution is -2.41. The maximum absolute atomic E-state index is 13.9. The zero-order valence-electron chi connectivity index (χ0n) is 16.0. The molecular weight excluding hydrogens is 377 g/mol. The molecule has 1 saturated heterocycles. The number of hydrogen-bond donors (Lipinski definition) is 0. The number of rotatable bonds is 6. The van der Waals surface area contributed by atoms with Gasteiger partial charge in [-0.25, -0.2) is 4.39 Å². The third kappa shape index (κ3) is 4.74. The highest BCUT2D eigenvalue weighted by Crippen LogP contribution is 2.30. The first kappa shape index (κ1) is 19.4. The predicted octanol–water partition coefficient (Wildman–Crippen LogP) is 4.33. The number of halogens is 1. The maximum atomic E-state index is 13.9. The van der Waals surface area contributed by atoms with Gasteiger partial charge in [0, 0.05) is 24.8 Å². The number of carbonyl (C=O) groups is 1. The van der Waals surface area contributed by atoms with E-state index in [4.69, 9.17) is 4.52 Å². The second kappa shape index (κ2) is 9.07. The van der Waals surface area contributed by atoms with Crippen molar-refractivity contribution in [1.29, 1.82) is 0 Å². The molecule has 2 aliphatic rings. The fourth-order valence-electron chi connectivity index (χ4n) is 4.13. The molecule has 1 saturated carbocycles. The number of nitrogens with zero attached hydrogens (tertiary/aromatic N) is 3. The molecule has 2 aromatic rings. The van der Waals surface area contributed by atoms with E-state index in [-0.39, 0.29) is 17.5 Å². The summed E-state index contributed by atoms with van der Waals surface area (Å²) in [5, 5.41) is 4.60. The van der Waals surface area contributed by atoms with Crippen LogP contribution in [0.3, 0.4) is 0 Å². The van der Waals surface area contributed by atoms with Crippen LogP contribution in [0, 0.1) is 11.7 Å². The summed E-state index contributed by atoms with van der Waals surface area (Å²) in [4.78, 5) is 19.0. The van der Waals surface area contributed by atoms with Gasteiger partial charge in [-0.3, -0.25) is 4.79 Å². The lowest BCUT2D eigenvalue weighted by molar-refractivity contribution is -0.130. The van der Waals surface area contributed by atoms with Crippen molar-refractivity contribution in [2.24, 2.45) is 5.92 Å². The van der Waals surface area contributed by atoms with E-state index in [1.54, 1.807) is 18.2 Å². The van der Waals surface area contributed by atoms with Crippen molar-refractivity contribution in [3.8, 4) is 11.4 Å². The van der Waals surface area contributed by atoms with Crippen molar-refractivity contribution in [2.75, 3.05) is 18.8 Å². The Kier molecular flexibility index (Phi) is 6.29. The minimum Gasteiger partial charge on any atom is -0.342 e. The van der Waals surface area contributed by atoms with Crippen molar-refractivity contribution in [3.05, 3.63) is 36.0 Å². The predicted molar refractivity (Wildman–Crippen MR) is 107 cm³/mol. The number of aromatic nitrogens is 2. The maximum Gasteiger partial charge on any atom is 0.232 e. The van der Waals surface area contributed by atoms with E-state index in [1.807, 2.05) is 16.7 Å². The molecular formula is C21H26FN3O2S. The topological polar surface area (TPSA) is 59.2 Å². The van der Waals surface area contributed by atoms with Crippen molar-refractivity contribution in [1.82, 2.24) is 15.0 Å². The second-order valence-electron chi connectivity index (χ2n) is 7.76. The number of benzene rings is 1. The molecule has 1 atom stereocenters. The molecule has 4 rings (SSSR count). The van der Waals surface area contributed by atoms with Gasteiger partial charge in [0.25, 0.3) is 0 Å². The Morgan fingerprint density at radius 1 is 1.21 bits per heavy atom. The first-order valence-corrected chi connectivity index (χ1v) is 11.2. The lowest BCUT2D eigenvalue weighted by atomic mass is 9.95. The molecule has 1 aromatic heterocycles. The molecule has 7 heteroatoms. The Bertz CT molecular complexity index is 806. The van der Waals surface area contributed by atoms with Crippen molar-refractivity contribution in [3.63, 3.8) is 0 Å². The van der Waals surface area contributed by atoms with Crippen LogP contribution in [0.1, 0.15) is 44.4 Å². The number of thioether (sulfide) groups is 1. The number of piperidine rings is 1. The minimum atomic E-state index is -0.357. The quantitative estimate of drug-likeness (QED) is 0.718. The standard InChI is InChI=1S/C21H26FN3O2S/c22-18-10-4-3-9-17(18)21-23-19(27-24-21)12-15-6-5-11-25(13-15)20(26)14-28-16-7-1-2-8-16/h3-4,9-10,15-16H,1-2,5-8,11-14H2/t15-/m1/s1. The molecule has 150 valence electrons. The van der Waals surface area contributed by atoms with Gasteiger partial charge in [0.1, 0.15) is 5.82 Å². The van der Waals surface area contributed by atoms with Gasteiger partial charge in [0.2, 0.25) is 17.6 Å². The summed E-state index contributed by atoms with van der Waals surface area (Å²) < 4.78 is 19.3. The molecule has 1 aromatic carbocycles. The first-order chi connectivity index (χ1) is 13.7. The van der Waals surface area contributed by atoms with Crippen LogP contribution in [0.15, 0.2) is 28.8 Å². The highest BCUT2D eigenvalue weighted by Gasteiger charge is 2.26. The molecule has 1 amide bonds. The largest absolute Gasteiger partial charge is 0.342 e. The Morgan fingerprint density at radius 3 is 2.86 bits per heavy atom. The Labute approximate surface area is 169 Å². The van der Waals surface area contributed by atoms with Gasteiger partial charge in [0.15, 0.2) is 0 Å². The zero-order valence-corrected chi connectivity index (χ0v) is 16.8. The molecule has 0 N–H and O–H groups in total.